The van der Waals surface area contributed by atoms with Gasteiger partial charge in [0.05, 0.1) is 11.1 Å². The fourth-order valence-electron chi connectivity index (χ4n) is 4.14. The molecule has 0 fully saturated rings. The van der Waals surface area contributed by atoms with Gasteiger partial charge in [-0.05, 0) is 53.8 Å². The molecule has 34 heavy (non-hydrogen) atoms. The van der Waals surface area contributed by atoms with E-state index in [1.54, 1.807) is 24.3 Å². The first-order valence-corrected chi connectivity index (χ1v) is 12.1. The predicted molar refractivity (Wildman–Crippen MR) is 136 cm³/mol. The molecule has 4 aromatic rings. The molecule has 6 heteroatoms. The van der Waals surface area contributed by atoms with Crippen molar-refractivity contribution in [1.82, 2.24) is 4.98 Å². The van der Waals surface area contributed by atoms with E-state index in [9.17, 15) is 15.0 Å². The van der Waals surface area contributed by atoms with Crippen molar-refractivity contribution in [3.63, 3.8) is 0 Å². The van der Waals surface area contributed by atoms with Gasteiger partial charge < -0.3 is 15.5 Å². The van der Waals surface area contributed by atoms with Crippen LogP contribution in [0.15, 0.2) is 84.2 Å². The number of carbonyl (C=O) groups excluding carboxylic acids is 1. The van der Waals surface area contributed by atoms with Gasteiger partial charge in [0.2, 0.25) is 5.91 Å². The number of aromatic nitrogens is 1. The van der Waals surface area contributed by atoms with Gasteiger partial charge in [0.25, 0.3) is 0 Å². The lowest BCUT2D eigenvalue weighted by Crippen LogP contribution is -2.37. The lowest BCUT2D eigenvalue weighted by Gasteiger charge is -2.33. The number of hydrogen-bond donors (Lipinski definition) is 3. The molecule has 0 bridgehead atoms. The summed E-state index contributed by atoms with van der Waals surface area (Å²) < 4.78 is 0. The lowest BCUT2D eigenvalue weighted by molar-refractivity contribution is -0.124. The van der Waals surface area contributed by atoms with Gasteiger partial charge in [-0.25, -0.2) is 4.98 Å². The Morgan fingerprint density at radius 2 is 1.44 bits per heavy atom. The SMILES string of the molecule is CC(C)(C(=O)Nc1nc(CCc2ccccc2)cs1)C(c1ccc(O)cc1)c1ccc(O)cc1. The number of thiazole rings is 1. The average molecular weight is 473 g/mol. The van der Waals surface area contributed by atoms with Crippen LogP contribution in [-0.2, 0) is 17.6 Å². The Labute approximate surface area is 203 Å². The van der Waals surface area contributed by atoms with Crippen LogP contribution in [0.1, 0.15) is 42.1 Å². The van der Waals surface area contributed by atoms with E-state index >= 15 is 0 Å². The summed E-state index contributed by atoms with van der Waals surface area (Å²) in [6.07, 6.45) is 1.71. The molecular formula is C28H28N2O3S. The van der Waals surface area contributed by atoms with Crippen LogP contribution in [-0.4, -0.2) is 21.1 Å². The quantitative estimate of drug-likeness (QED) is 0.288. The number of benzene rings is 3. The first-order chi connectivity index (χ1) is 16.3. The minimum atomic E-state index is -0.843. The fourth-order valence-corrected chi connectivity index (χ4v) is 4.88. The molecule has 4 rings (SSSR count). The van der Waals surface area contributed by atoms with E-state index in [2.05, 4.69) is 22.4 Å². The van der Waals surface area contributed by atoms with E-state index in [0.29, 0.717) is 5.13 Å². The molecule has 0 spiro atoms. The number of nitrogens with zero attached hydrogens (tertiary/aromatic N) is 1. The minimum Gasteiger partial charge on any atom is -0.508 e. The Morgan fingerprint density at radius 1 is 0.882 bits per heavy atom. The van der Waals surface area contributed by atoms with Gasteiger partial charge in [-0.15, -0.1) is 11.3 Å². The van der Waals surface area contributed by atoms with Crippen LogP contribution in [0.3, 0.4) is 0 Å². The van der Waals surface area contributed by atoms with Crippen LogP contribution in [0.4, 0.5) is 5.13 Å². The van der Waals surface area contributed by atoms with E-state index in [1.165, 1.54) is 16.9 Å². The third kappa shape index (κ3) is 5.46. The van der Waals surface area contributed by atoms with E-state index < -0.39 is 5.41 Å². The maximum atomic E-state index is 13.5. The van der Waals surface area contributed by atoms with Gasteiger partial charge in [-0.3, -0.25) is 4.79 Å². The molecule has 0 atom stereocenters. The van der Waals surface area contributed by atoms with E-state index in [1.807, 2.05) is 61.7 Å². The zero-order chi connectivity index (χ0) is 24.1. The topological polar surface area (TPSA) is 82.5 Å². The first-order valence-electron chi connectivity index (χ1n) is 11.2. The number of phenolic OH excluding ortho intramolecular Hbond substituents is 2. The number of rotatable bonds is 8. The number of phenols is 2. The molecule has 0 saturated carbocycles. The monoisotopic (exact) mass is 472 g/mol. The van der Waals surface area contributed by atoms with Crippen molar-refractivity contribution >= 4 is 22.4 Å². The molecule has 5 nitrogen and oxygen atoms in total. The zero-order valence-electron chi connectivity index (χ0n) is 19.2. The number of aromatic hydroxyl groups is 2. The van der Waals surface area contributed by atoms with Crippen LogP contribution in [0.5, 0.6) is 11.5 Å². The highest BCUT2D eigenvalue weighted by atomic mass is 32.1. The molecule has 174 valence electrons. The lowest BCUT2D eigenvalue weighted by atomic mass is 9.70. The van der Waals surface area contributed by atoms with Crippen LogP contribution < -0.4 is 5.32 Å². The van der Waals surface area contributed by atoms with Crippen molar-refractivity contribution in [2.24, 2.45) is 5.41 Å². The number of amides is 1. The molecule has 0 aliphatic heterocycles. The molecule has 0 saturated heterocycles. The highest BCUT2D eigenvalue weighted by Crippen LogP contribution is 2.42. The molecule has 1 aromatic heterocycles. The Bertz CT molecular complexity index is 1190. The Kier molecular flexibility index (Phi) is 6.98. The van der Waals surface area contributed by atoms with Gasteiger partial charge in [-0.1, -0.05) is 68.4 Å². The number of carbonyl (C=O) groups is 1. The zero-order valence-corrected chi connectivity index (χ0v) is 20.0. The predicted octanol–water partition coefficient (Wildman–Crippen LogP) is 6.14. The highest BCUT2D eigenvalue weighted by Gasteiger charge is 2.39. The summed E-state index contributed by atoms with van der Waals surface area (Å²) in [5.74, 6) is -0.114. The molecule has 0 aliphatic carbocycles. The number of anilines is 1. The summed E-state index contributed by atoms with van der Waals surface area (Å²) in [5, 5.41) is 25.1. The van der Waals surface area contributed by atoms with Crippen molar-refractivity contribution in [3.05, 3.63) is 107 Å². The van der Waals surface area contributed by atoms with Crippen molar-refractivity contribution in [2.75, 3.05) is 5.32 Å². The largest absolute Gasteiger partial charge is 0.508 e. The maximum absolute atomic E-state index is 13.5. The first kappa shape index (κ1) is 23.5. The fraction of sp³-hybridized carbons (Fsp3) is 0.214. The standard InChI is InChI=1S/C28H28N2O3S/c1-28(2,25(20-9-14-23(31)15-10-20)21-11-16-24(32)17-12-21)26(33)30-27-29-22(18-34-27)13-8-19-6-4-3-5-7-19/h3-7,9-12,14-18,25,31-32H,8,13H2,1-2H3,(H,29,30,33). The second kappa shape index (κ2) is 10.1. The van der Waals surface area contributed by atoms with Crippen molar-refractivity contribution in [2.45, 2.75) is 32.6 Å². The van der Waals surface area contributed by atoms with Gasteiger partial charge in [-0.2, -0.15) is 0 Å². The highest BCUT2D eigenvalue weighted by molar-refractivity contribution is 7.13. The number of nitrogens with one attached hydrogen (secondary N) is 1. The van der Waals surface area contributed by atoms with Crippen LogP contribution in [0.2, 0.25) is 0 Å². The molecule has 0 aliphatic rings. The maximum Gasteiger partial charge on any atom is 0.232 e. The van der Waals surface area contributed by atoms with Gasteiger partial charge in [0.1, 0.15) is 11.5 Å². The van der Waals surface area contributed by atoms with Crippen LogP contribution in [0.25, 0.3) is 0 Å². The van der Waals surface area contributed by atoms with Gasteiger partial charge in [0.15, 0.2) is 5.13 Å². The normalized spacial score (nSPS) is 11.5. The second-order valence-electron chi connectivity index (χ2n) is 8.92. The third-order valence-electron chi connectivity index (χ3n) is 6.04. The molecule has 1 amide bonds. The molecule has 3 aromatic carbocycles. The molecule has 0 unspecified atom stereocenters. The van der Waals surface area contributed by atoms with E-state index in [-0.39, 0.29) is 23.3 Å². The second-order valence-corrected chi connectivity index (χ2v) is 9.78. The summed E-state index contributed by atoms with van der Waals surface area (Å²) in [5.41, 5.74) is 3.16. The summed E-state index contributed by atoms with van der Waals surface area (Å²) >= 11 is 1.43. The van der Waals surface area contributed by atoms with Gasteiger partial charge >= 0.3 is 0 Å². The summed E-state index contributed by atoms with van der Waals surface area (Å²) in [4.78, 5) is 18.1. The van der Waals surface area contributed by atoms with Crippen molar-refractivity contribution in [3.8, 4) is 11.5 Å². The summed E-state index contributed by atoms with van der Waals surface area (Å²) in [6.45, 7) is 3.80. The summed E-state index contributed by atoms with van der Waals surface area (Å²) in [6, 6.07) is 24.1. The molecular weight excluding hydrogens is 444 g/mol. The van der Waals surface area contributed by atoms with Crippen molar-refractivity contribution in [1.29, 1.82) is 0 Å². The molecule has 1 heterocycles. The summed E-state index contributed by atoms with van der Waals surface area (Å²) in [7, 11) is 0. The van der Waals surface area contributed by atoms with Crippen LogP contribution >= 0.6 is 11.3 Å². The number of hydrogen-bond acceptors (Lipinski definition) is 5. The number of aryl methyl sites for hydroxylation is 2. The van der Waals surface area contributed by atoms with Crippen molar-refractivity contribution < 1.29 is 15.0 Å². The Hall–Kier alpha value is -3.64. The van der Waals surface area contributed by atoms with Crippen LogP contribution in [0, 0.1) is 5.41 Å². The van der Waals surface area contributed by atoms with E-state index in [0.717, 1.165) is 29.7 Å². The average Bonchev–Trinajstić information content (AvgIpc) is 3.28. The Balaban J connectivity index is 1.53. The van der Waals surface area contributed by atoms with E-state index in [4.69, 9.17) is 0 Å². The third-order valence-corrected chi connectivity index (χ3v) is 6.85. The molecule has 3 N–H and O–H groups in total. The minimum absolute atomic E-state index is 0.150. The smallest absolute Gasteiger partial charge is 0.232 e. The van der Waals surface area contributed by atoms with Gasteiger partial charge in [0, 0.05) is 11.3 Å². The Morgan fingerprint density at radius 3 is 2.00 bits per heavy atom. The molecule has 0 radical (unpaired) electrons.